The van der Waals surface area contributed by atoms with Crippen molar-refractivity contribution in [1.29, 1.82) is 0 Å². The Bertz CT molecular complexity index is 1020. The second kappa shape index (κ2) is 7.14. The Morgan fingerprint density at radius 2 is 1.75 bits per heavy atom. The summed E-state index contributed by atoms with van der Waals surface area (Å²) in [7, 11) is 1.66. The van der Waals surface area contributed by atoms with Gasteiger partial charge >= 0.3 is 0 Å². The van der Waals surface area contributed by atoms with E-state index in [0.717, 1.165) is 65.9 Å². The summed E-state index contributed by atoms with van der Waals surface area (Å²) in [5, 5.41) is 4.86. The quantitative estimate of drug-likeness (QED) is 0.700. The van der Waals surface area contributed by atoms with E-state index in [4.69, 9.17) is 14.8 Å². The highest BCUT2D eigenvalue weighted by atomic mass is 16.5. The average Bonchev–Trinajstić information content (AvgIpc) is 3.12. The van der Waals surface area contributed by atoms with Gasteiger partial charge in [0.25, 0.3) is 0 Å². The van der Waals surface area contributed by atoms with Crippen LogP contribution in [-0.4, -0.2) is 58.7 Å². The minimum absolute atomic E-state index is 0.133. The Kier molecular flexibility index (Phi) is 4.66. The topological polar surface area (TPSA) is 63.0 Å². The number of anilines is 1. The maximum absolute atomic E-state index is 11.7. The van der Waals surface area contributed by atoms with Crippen molar-refractivity contribution < 1.29 is 9.53 Å². The first-order valence-corrected chi connectivity index (χ1v) is 9.50. The predicted molar refractivity (Wildman–Crippen MR) is 109 cm³/mol. The number of benzene rings is 1. The van der Waals surface area contributed by atoms with Crippen LogP contribution in [0.25, 0.3) is 16.9 Å². The van der Waals surface area contributed by atoms with Gasteiger partial charge < -0.3 is 14.5 Å². The van der Waals surface area contributed by atoms with Gasteiger partial charge in [0.05, 0.1) is 12.8 Å². The van der Waals surface area contributed by atoms with E-state index in [0.29, 0.717) is 0 Å². The highest BCUT2D eigenvalue weighted by molar-refractivity contribution is 5.73. The summed E-state index contributed by atoms with van der Waals surface area (Å²) >= 11 is 0. The molecule has 0 radical (unpaired) electrons. The van der Waals surface area contributed by atoms with Crippen LogP contribution >= 0.6 is 0 Å². The molecule has 7 nitrogen and oxygen atoms in total. The average molecular weight is 379 g/mol. The molecular weight excluding hydrogens is 354 g/mol. The molecule has 3 aromatic rings. The number of hydrogen-bond donors (Lipinski definition) is 0. The summed E-state index contributed by atoms with van der Waals surface area (Å²) in [5.74, 6) is 2.01. The van der Waals surface area contributed by atoms with Crippen LogP contribution in [0.4, 0.5) is 5.82 Å². The lowest BCUT2D eigenvalue weighted by molar-refractivity contribution is -0.129. The summed E-state index contributed by atoms with van der Waals surface area (Å²) in [5.41, 5.74) is 4.85. The third-order valence-corrected chi connectivity index (χ3v) is 5.46. The molecule has 1 aliphatic heterocycles. The van der Waals surface area contributed by atoms with Crippen LogP contribution in [0.2, 0.25) is 0 Å². The van der Waals surface area contributed by atoms with Crippen LogP contribution in [0.3, 0.4) is 0 Å². The summed E-state index contributed by atoms with van der Waals surface area (Å²) in [6.07, 6.45) is 0. The van der Waals surface area contributed by atoms with Crippen LogP contribution in [-0.2, 0) is 4.79 Å². The number of aromatic nitrogens is 3. The molecule has 1 fully saturated rings. The fraction of sp³-hybridized carbons (Fsp3) is 0.381. The monoisotopic (exact) mass is 379 g/mol. The fourth-order valence-corrected chi connectivity index (χ4v) is 3.69. The second-order valence-corrected chi connectivity index (χ2v) is 7.17. The Balaban J connectivity index is 1.74. The Morgan fingerprint density at radius 1 is 1.07 bits per heavy atom. The largest absolute Gasteiger partial charge is 0.497 e. The van der Waals surface area contributed by atoms with E-state index in [1.807, 2.05) is 46.7 Å². The van der Waals surface area contributed by atoms with Crippen molar-refractivity contribution in [3.63, 3.8) is 0 Å². The number of nitrogens with zero attached hydrogens (tertiary/aromatic N) is 5. The summed E-state index contributed by atoms with van der Waals surface area (Å²) in [4.78, 5) is 20.6. The van der Waals surface area contributed by atoms with Gasteiger partial charge in [-0.15, -0.1) is 0 Å². The number of fused-ring (bicyclic) bond motifs is 1. The molecule has 1 aromatic carbocycles. The van der Waals surface area contributed by atoms with Crippen LogP contribution in [0.15, 0.2) is 30.3 Å². The minimum atomic E-state index is 0.133. The van der Waals surface area contributed by atoms with E-state index in [1.54, 1.807) is 14.0 Å². The highest BCUT2D eigenvalue weighted by Crippen LogP contribution is 2.28. The minimum Gasteiger partial charge on any atom is -0.497 e. The Morgan fingerprint density at radius 3 is 2.36 bits per heavy atom. The van der Waals surface area contributed by atoms with Crippen LogP contribution in [0.5, 0.6) is 5.75 Å². The number of methoxy groups -OCH3 is 1. The first-order valence-electron chi connectivity index (χ1n) is 9.50. The number of carbonyl (C=O) groups excluding carboxylic acids is 1. The lowest BCUT2D eigenvalue weighted by atomic mass is 10.1. The van der Waals surface area contributed by atoms with Gasteiger partial charge in [-0.1, -0.05) is 0 Å². The molecule has 2 aromatic heterocycles. The lowest BCUT2D eigenvalue weighted by Gasteiger charge is -2.36. The molecule has 1 saturated heterocycles. The maximum Gasteiger partial charge on any atom is 0.219 e. The first kappa shape index (κ1) is 18.3. The number of rotatable bonds is 3. The van der Waals surface area contributed by atoms with E-state index in [-0.39, 0.29) is 5.91 Å². The standard InChI is InChI=1S/C21H25N5O2/c1-14-15(2)22-20-13-19(17-5-7-18(28-4)8-6-17)23-26(20)21(14)25-11-9-24(10-12-25)16(3)27/h5-8,13H,9-12H2,1-4H3. The van der Waals surface area contributed by atoms with Crippen LogP contribution in [0.1, 0.15) is 18.2 Å². The molecule has 4 rings (SSSR count). The zero-order valence-electron chi connectivity index (χ0n) is 16.8. The van der Waals surface area contributed by atoms with Gasteiger partial charge in [-0.3, -0.25) is 4.79 Å². The van der Waals surface area contributed by atoms with Gasteiger partial charge in [0.1, 0.15) is 11.6 Å². The number of aryl methyl sites for hydroxylation is 1. The third-order valence-electron chi connectivity index (χ3n) is 5.46. The number of amides is 1. The molecule has 0 unspecified atom stereocenters. The molecule has 0 N–H and O–H groups in total. The molecule has 0 bridgehead atoms. The zero-order valence-corrected chi connectivity index (χ0v) is 16.8. The number of carbonyl (C=O) groups is 1. The number of piperazine rings is 1. The molecule has 0 atom stereocenters. The molecule has 0 spiro atoms. The van der Waals surface area contributed by atoms with Gasteiger partial charge in [0.15, 0.2) is 5.65 Å². The van der Waals surface area contributed by atoms with Gasteiger partial charge in [0.2, 0.25) is 5.91 Å². The van der Waals surface area contributed by atoms with Crippen LogP contribution < -0.4 is 9.64 Å². The van der Waals surface area contributed by atoms with E-state index >= 15 is 0 Å². The van der Waals surface area contributed by atoms with Gasteiger partial charge in [0, 0.05) is 56.0 Å². The summed E-state index contributed by atoms with van der Waals surface area (Å²) in [6, 6.07) is 9.90. The van der Waals surface area contributed by atoms with E-state index < -0.39 is 0 Å². The third kappa shape index (κ3) is 3.17. The molecule has 1 aliphatic rings. The van der Waals surface area contributed by atoms with E-state index in [2.05, 4.69) is 11.8 Å². The molecule has 1 amide bonds. The van der Waals surface area contributed by atoms with Gasteiger partial charge in [-0.05, 0) is 38.1 Å². The van der Waals surface area contributed by atoms with Gasteiger partial charge in [-0.2, -0.15) is 9.61 Å². The smallest absolute Gasteiger partial charge is 0.219 e. The zero-order chi connectivity index (χ0) is 19.8. The molecule has 28 heavy (non-hydrogen) atoms. The lowest BCUT2D eigenvalue weighted by Crippen LogP contribution is -2.48. The van der Waals surface area contributed by atoms with Crippen molar-refractivity contribution in [2.75, 3.05) is 38.2 Å². The maximum atomic E-state index is 11.7. The summed E-state index contributed by atoms with van der Waals surface area (Å²) < 4.78 is 7.18. The highest BCUT2D eigenvalue weighted by Gasteiger charge is 2.24. The second-order valence-electron chi connectivity index (χ2n) is 7.17. The van der Waals surface area contributed by atoms with Crippen molar-refractivity contribution in [3.05, 3.63) is 41.6 Å². The number of ether oxygens (including phenoxy) is 1. The Labute approximate surface area is 164 Å². The molecule has 146 valence electrons. The first-order chi connectivity index (χ1) is 13.5. The van der Waals surface area contributed by atoms with Crippen molar-refractivity contribution in [2.45, 2.75) is 20.8 Å². The molecule has 7 heteroatoms. The van der Waals surface area contributed by atoms with E-state index in [1.165, 1.54) is 0 Å². The SMILES string of the molecule is COc1ccc(-c2cc3nc(C)c(C)c(N4CCN(C(C)=O)CC4)n3n2)cc1. The molecule has 0 aliphatic carbocycles. The van der Waals surface area contributed by atoms with Crippen molar-refractivity contribution in [1.82, 2.24) is 19.5 Å². The van der Waals surface area contributed by atoms with Gasteiger partial charge in [-0.25, -0.2) is 4.98 Å². The normalized spacial score (nSPS) is 14.6. The fourth-order valence-electron chi connectivity index (χ4n) is 3.69. The van der Waals surface area contributed by atoms with Crippen LogP contribution in [0, 0.1) is 13.8 Å². The molecule has 3 heterocycles. The van der Waals surface area contributed by atoms with Crippen molar-refractivity contribution in [2.24, 2.45) is 0 Å². The molecular formula is C21H25N5O2. The Hall–Kier alpha value is -3.09. The molecule has 0 saturated carbocycles. The predicted octanol–water partition coefficient (Wildman–Crippen LogP) is 2.69. The van der Waals surface area contributed by atoms with Crippen molar-refractivity contribution >= 4 is 17.4 Å². The van der Waals surface area contributed by atoms with E-state index in [9.17, 15) is 4.79 Å². The van der Waals surface area contributed by atoms with Crippen molar-refractivity contribution in [3.8, 4) is 17.0 Å². The summed E-state index contributed by atoms with van der Waals surface area (Å²) in [6.45, 7) is 8.78. The number of hydrogen-bond acceptors (Lipinski definition) is 5.